The quantitative estimate of drug-likeness (QED) is 0.789. The van der Waals surface area contributed by atoms with Crippen molar-refractivity contribution in [2.24, 2.45) is 0 Å². The third kappa shape index (κ3) is 4.46. The lowest BCUT2D eigenvalue weighted by molar-refractivity contribution is 0.393. The minimum atomic E-state index is -2.86. The molecule has 0 aliphatic rings. The molecule has 0 aromatic carbocycles. The van der Waals surface area contributed by atoms with E-state index < -0.39 is 9.84 Å². The Kier molecular flexibility index (Phi) is 5.88. The number of aryl methyl sites for hydroxylation is 1. The normalized spacial score (nSPS) is 13.7. The Labute approximate surface area is 110 Å². The molecule has 5 heteroatoms. The van der Waals surface area contributed by atoms with Crippen molar-refractivity contribution >= 4 is 9.84 Å². The summed E-state index contributed by atoms with van der Waals surface area (Å²) in [6.07, 6.45) is 2.30. The van der Waals surface area contributed by atoms with Gasteiger partial charge in [0.05, 0.1) is 11.8 Å². The van der Waals surface area contributed by atoms with E-state index in [0.29, 0.717) is 6.42 Å². The number of rotatable bonds is 8. The number of hydrogen-bond donors (Lipinski definition) is 1. The molecular formula is C13H23NO3S. The van der Waals surface area contributed by atoms with E-state index in [-0.39, 0.29) is 17.5 Å². The summed E-state index contributed by atoms with van der Waals surface area (Å²) >= 11 is 0. The lowest BCUT2D eigenvalue weighted by Crippen LogP contribution is -2.17. The van der Waals surface area contributed by atoms with Gasteiger partial charge in [0.1, 0.15) is 21.4 Å². The van der Waals surface area contributed by atoms with Gasteiger partial charge in [0, 0.05) is 12.2 Å². The van der Waals surface area contributed by atoms with E-state index in [0.717, 1.165) is 24.4 Å². The summed E-state index contributed by atoms with van der Waals surface area (Å²) in [7, 11) is -0.995. The Morgan fingerprint density at radius 3 is 2.56 bits per heavy atom. The molecule has 1 unspecified atom stereocenters. The first kappa shape index (κ1) is 15.2. The minimum Gasteiger partial charge on any atom is -0.464 e. The van der Waals surface area contributed by atoms with Gasteiger partial charge in [-0.25, -0.2) is 8.42 Å². The molecule has 0 saturated heterocycles. The summed E-state index contributed by atoms with van der Waals surface area (Å²) in [5.74, 6) is 2.33. The maximum Gasteiger partial charge on any atom is 0.150 e. The van der Waals surface area contributed by atoms with Gasteiger partial charge in [-0.1, -0.05) is 13.8 Å². The van der Waals surface area contributed by atoms with Crippen LogP contribution in [0, 0.1) is 0 Å². The fraction of sp³-hybridized carbons (Fsp3) is 0.692. The van der Waals surface area contributed by atoms with E-state index in [1.165, 1.54) is 0 Å². The zero-order chi connectivity index (χ0) is 13.6. The second-order valence-electron chi connectivity index (χ2n) is 4.38. The van der Waals surface area contributed by atoms with Crippen molar-refractivity contribution in [2.75, 3.05) is 18.6 Å². The van der Waals surface area contributed by atoms with E-state index in [9.17, 15) is 8.42 Å². The molecule has 0 amide bonds. The van der Waals surface area contributed by atoms with Crippen molar-refractivity contribution in [3.63, 3.8) is 0 Å². The minimum absolute atomic E-state index is 0.0948. The van der Waals surface area contributed by atoms with Gasteiger partial charge in [-0.3, -0.25) is 0 Å². The molecule has 0 fully saturated rings. The molecule has 1 rings (SSSR count). The number of nitrogens with one attached hydrogen (secondary N) is 1. The summed E-state index contributed by atoms with van der Waals surface area (Å²) in [6.45, 7) is 3.73. The summed E-state index contributed by atoms with van der Waals surface area (Å²) in [5, 5.41) is 3.17. The Hall–Kier alpha value is -0.810. The van der Waals surface area contributed by atoms with Crippen LogP contribution in [0.2, 0.25) is 0 Å². The van der Waals surface area contributed by atoms with E-state index in [2.05, 4.69) is 5.32 Å². The Bertz CT molecular complexity index is 451. The van der Waals surface area contributed by atoms with Gasteiger partial charge in [-0.15, -0.1) is 0 Å². The first-order valence-corrected chi connectivity index (χ1v) is 8.30. The van der Waals surface area contributed by atoms with Gasteiger partial charge in [0.25, 0.3) is 0 Å². The predicted octanol–water partition coefficient (Wildman–Crippen LogP) is 2.32. The summed E-state index contributed by atoms with van der Waals surface area (Å²) in [6, 6.07) is 4.04. The largest absolute Gasteiger partial charge is 0.464 e. The molecule has 1 N–H and O–H groups in total. The zero-order valence-corrected chi connectivity index (χ0v) is 12.2. The highest BCUT2D eigenvalue weighted by molar-refractivity contribution is 7.91. The molecule has 0 aliphatic heterocycles. The fourth-order valence-electron chi connectivity index (χ4n) is 1.85. The zero-order valence-electron chi connectivity index (χ0n) is 11.4. The van der Waals surface area contributed by atoms with Crippen LogP contribution in [0.3, 0.4) is 0 Å². The maximum atomic E-state index is 11.4. The van der Waals surface area contributed by atoms with Crippen LogP contribution in [0.15, 0.2) is 16.5 Å². The second-order valence-corrected chi connectivity index (χ2v) is 6.85. The molecule has 104 valence electrons. The monoisotopic (exact) mass is 273 g/mol. The van der Waals surface area contributed by atoms with Crippen LogP contribution in [-0.2, 0) is 16.3 Å². The molecular weight excluding hydrogens is 250 g/mol. The molecule has 0 aliphatic carbocycles. The molecule has 4 nitrogen and oxygen atoms in total. The molecule has 1 heterocycles. The first-order chi connectivity index (χ1) is 8.52. The number of hydrogen-bond acceptors (Lipinski definition) is 4. The summed E-state index contributed by atoms with van der Waals surface area (Å²) in [4.78, 5) is 0. The van der Waals surface area contributed by atoms with E-state index in [1.807, 2.05) is 26.1 Å². The van der Waals surface area contributed by atoms with E-state index in [4.69, 9.17) is 4.42 Å². The van der Waals surface area contributed by atoms with E-state index in [1.54, 1.807) is 6.92 Å². The van der Waals surface area contributed by atoms with Crippen LogP contribution in [0.4, 0.5) is 0 Å². The van der Waals surface area contributed by atoms with Crippen molar-refractivity contribution in [3.8, 4) is 0 Å². The van der Waals surface area contributed by atoms with Gasteiger partial charge in [-0.05, 0) is 32.0 Å². The van der Waals surface area contributed by atoms with Crippen molar-refractivity contribution in [1.82, 2.24) is 5.32 Å². The van der Waals surface area contributed by atoms with Crippen LogP contribution in [0.1, 0.15) is 44.3 Å². The van der Waals surface area contributed by atoms with Crippen LogP contribution < -0.4 is 5.32 Å². The standard InChI is InChI=1S/C13H23NO3S/c1-4-11-8-9-13(17-11)12(14-3)7-6-10-18(15,16)5-2/h8-9,12,14H,4-7,10H2,1-3H3. The van der Waals surface area contributed by atoms with Crippen molar-refractivity contribution in [2.45, 2.75) is 39.2 Å². The fourth-order valence-corrected chi connectivity index (χ4v) is 2.75. The second kappa shape index (κ2) is 6.95. The van der Waals surface area contributed by atoms with Gasteiger partial charge < -0.3 is 9.73 Å². The highest BCUT2D eigenvalue weighted by Gasteiger charge is 2.15. The van der Waals surface area contributed by atoms with Crippen LogP contribution in [-0.4, -0.2) is 27.0 Å². The van der Waals surface area contributed by atoms with Crippen LogP contribution in [0.25, 0.3) is 0 Å². The van der Waals surface area contributed by atoms with Gasteiger partial charge in [-0.2, -0.15) is 0 Å². The SMILES string of the molecule is CCc1ccc(C(CCCS(=O)(=O)CC)NC)o1. The molecule has 0 saturated carbocycles. The molecule has 1 aromatic heterocycles. The molecule has 0 bridgehead atoms. The van der Waals surface area contributed by atoms with Crippen molar-refractivity contribution < 1.29 is 12.8 Å². The van der Waals surface area contributed by atoms with E-state index >= 15 is 0 Å². The molecule has 1 atom stereocenters. The smallest absolute Gasteiger partial charge is 0.150 e. The topological polar surface area (TPSA) is 59.3 Å². The third-order valence-electron chi connectivity index (χ3n) is 3.11. The Morgan fingerprint density at radius 2 is 2.06 bits per heavy atom. The molecule has 18 heavy (non-hydrogen) atoms. The number of furan rings is 1. The van der Waals surface area contributed by atoms with Gasteiger partial charge >= 0.3 is 0 Å². The molecule has 0 radical (unpaired) electrons. The summed E-state index contributed by atoms with van der Waals surface area (Å²) < 4.78 is 28.5. The Morgan fingerprint density at radius 1 is 1.33 bits per heavy atom. The molecule has 1 aromatic rings. The average molecular weight is 273 g/mol. The lowest BCUT2D eigenvalue weighted by Gasteiger charge is -2.13. The highest BCUT2D eigenvalue weighted by Crippen LogP contribution is 2.21. The lowest BCUT2D eigenvalue weighted by atomic mass is 10.1. The van der Waals surface area contributed by atoms with Crippen molar-refractivity contribution in [3.05, 3.63) is 23.7 Å². The van der Waals surface area contributed by atoms with Gasteiger partial charge in [0.2, 0.25) is 0 Å². The summed E-state index contributed by atoms with van der Waals surface area (Å²) in [5.41, 5.74) is 0. The van der Waals surface area contributed by atoms with Crippen LogP contribution in [0.5, 0.6) is 0 Å². The predicted molar refractivity (Wildman–Crippen MR) is 73.4 cm³/mol. The van der Waals surface area contributed by atoms with Gasteiger partial charge in [0.15, 0.2) is 0 Å². The van der Waals surface area contributed by atoms with Crippen LogP contribution >= 0.6 is 0 Å². The number of sulfone groups is 1. The third-order valence-corrected chi connectivity index (χ3v) is 4.90. The van der Waals surface area contributed by atoms with Crippen molar-refractivity contribution in [1.29, 1.82) is 0 Å². The average Bonchev–Trinajstić information content (AvgIpc) is 2.83. The molecule has 0 spiro atoms. The Balaban J connectivity index is 2.52. The maximum absolute atomic E-state index is 11.4. The first-order valence-electron chi connectivity index (χ1n) is 6.48. The highest BCUT2D eigenvalue weighted by atomic mass is 32.2.